The van der Waals surface area contributed by atoms with Gasteiger partial charge in [0.2, 0.25) is 0 Å². The molecule has 0 nitrogen and oxygen atoms in total. The van der Waals surface area contributed by atoms with E-state index in [1.807, 2.05) is 6.07 Å². The number of rotatable bonds is 3. The first kappa shape index (κ1) is 12.2. The van der Waals surface area contributed by atoms with Gasteiger partial charge in [-0.1, -0.05) is 45.7 Å². The molecule has 78 valence electrons. The van der Waals surface area contributed by atoms with E-state index in [2.05, 4.69) is 45.7 Å². The van der Waals surface area contributed by atoms with Gasteiger partial charge in [-0.3, -0.25) is 0 Å². The molecule has 0 saturated heterocycles. The van der Waals surface area contributed by atoms with Gasteiger partial charge < -0.3 is 0 Å². The first-order valence-electron chi connectivity index (χ1n) is 4.58. The zero-order valence-corrected chi connectivity index (χ0v) is 11.4. The quantitative estimate of drug-likeness (QED) is 0.716. The van der Waals surface area contributed by atoms with Gasteiger partial charge in [0, 0.05) is 9.30 Å². The highest BCUT2D eigenvalue weighted by Gasteiger charge is 2.10. The third-order valence-electron chi connectivity index (χ3n) is 2.26. The maximum Gasteiger partial charge on any atom is 0.124 e. The number of benzene rings is 1. The Labute approximate surface area is 101 Å². The second-order valence-electron chi connectivity index (χ2n) is 3.64. The number of hydrogen-bond acceptors (Lipinski definition) is 0. The Morgan fingerprint density at radius 2 is 1.93 bits per heavy atom. The Hall–Kier alpha value is 0.110. The van der Waals surface area contributed by atoms with E-state index in [0.29, 0.717) is 10.7 Å². The maximum absolute atomic E-state index is 13.0. The second-order valence-corrected chi connectivity index (χ2v) is 6.00. The fourth-order valence-electron chi connectivity index (χ4n) is 1.26. The first-order valence-corrected chi connectivity index (χ1v) is 6.29. The lowest BCUT2D eigenvalue weighted by atomic mass is 9.99. The van der Waals surface area contributed by atoms with Crippen LogP contribution in [0.3, 0.4) is 0 Å². The van der Waals surface area contributed by atoms with Gasteiger partial charge in [0.1, 0.15) is 5.82 Å². The third kappa shape index (κ3) is 3.70. The minimum Gasteiger partial charge on any atom is -0.207 e. The first-order chi connectivity index (χ1) is 6.49. The van der Waals surface area contributed by atoms with Crippen LogP contribution < -0.4 is 0 Å². The predicted molar refractivity (Wildman–Crippen MR) is 65.4 cm³/mol. The summed E-state index contributed by atoms with van der Waals surface area (Å²) in [5, 5.41) is 0. The lowest BCUT2D eigenvalue weighted by Gasteiger charge is -2.14. The smallest absolute Gasteiger partial charge is 0.124 e. The van der Waals surface area contributed by atoms with Gasteiger partial charge in [0.25, 0.3) is 0 Å². The molecule has 0 amide bonds. The Balaban J connectivity index is 2.76. The van der Waals surface area contributed by atoms with Crippen molar-refractivity contribution in [2.45, 2.75) is 25.1 Å². The summed E-state index contributed by atoms with van der Waals surface area (Å²) in [5.41, 5.74) is 1.04. The average molecular weight is 324 g/mol. The molecule has 14 heavy (non-hydrogen) atoms. The van der Waals surface area contributed by atoms with Crippen molar-refractivity contribution in [1.82, 2.24) is 0 Å². The summed E-state index contributed by atoms with van der Waals surface area (Å²) in [4.78, 5) is 0.449. The molecular formula is C11H13Br2F. The molecule has 0 heterocycles. The molecule has 1 rings (SSSR count). The zero-order chi connectivity index (χ0) is 10.7. The molecule has 0 aromatic heterocycles. The lowest BCUT2D eigenvalue weighted by molar-refractivity contribution is 0.574. The summed E-state index contributed by atoms with van der Waals surface area (Å²) in [7, 11) is 0. The second kappa shape index (κ2) is 5.26. The van der Waals surface area contributed by atoms with Crippen LogP contribution in [0.5, 0.6) is 0 Å². The molecular weight excluding hydrogens is 311 g/mol. The molecule has 1 aromatic rings. The highest BCUT2D eigenvalue weighted by Crippen LogP contribution is 2.21. The van der Waals surface area contributed by atoms with E-state index in [4.69, 9.17) is 0 Å². The van der Waals surface area contributed by atoms with Crippen LogP contribution in [0.2, 0.25) is 0 Å². The van der Waals surface area contributed by atoms with Crippen LogP contribution in [-0.2, 0) is 6.42 Å². The molecule has 0 bridgehead atoms. The van der Waals surface area contributed by atoms with E-state index in [1.54, 1.807) is 6.07 Å². The Morgan fingerprint density at radius 1 is 1.29 bits per heavy atom. The summed E-state index contributed by atoms with van der Waals surface area (Å²) in [6, 6.07) is 5.04. The largest absolute Gasteiger partial charge is 0.207 e. The number of halogens is 3. The maximum atomic E-state index is 13.0. The average Bonchev–Trinajstić information content (AvgIpc) is 2.01. The highest BCUT2D eigenvalue weighted by molar-refractivity contribution is 9.10. The van der Waals surface area contributed by atoms with Crippen molar-refractivity contribution in [2.75, 3.05) is 0 Å². The minimum absolute atomic E-state index is 0.177. The molecule has 0 spiro atoms. The molecule has 0 fully saturated rings. The van der Waals surface area contributed by atoms with Crippen LogP contribution in [0.1, 0.15) is 19.4 Å². The van der Waals surface area contributed by atoms with Crippen LogP contribution in [0.25, 0.3) is 0 Å². The molecule has 1 aromatic carbocycles. The predicted octanol–water partition coefficient (Wildman–Crippen LogP) is 4.55. The molecule has 2 unspecified atom stereocenters. The van der Waals surface area contributed by atoms with E-state index >= 15 is 0 Å². The van der Waals surface area contributed by atoms with Gasteiger partial charge in [0.05, 0.1) is 0 Å². The van der Waals surface area contributed by atoms with Gasteiger partial charge in [-0.25, -0.2) is 4.39 Å². The summed E-state index contributed by atoms with van der Waals surface area (Å²) in [5.74, 6) is 0.326. The molecule has 3 heteroatoms. The number of hydrogen-bond donors (Lipinski definition) is 0. The van der Waals surface area contributed by atoms with Crippen molar-refractivity contribution < 1.29 is 4.39 Å². The van der Waals surface area contributed by atoms with Gasteiger partial charge in [0.15, 0.2) is 0 Å². The van der Waals surface area contributed by atoms with Gasteiger partial charge in [-0.2, -0.15) is 0 Å². The molecule has 0 aliphatic rings. The van der Waals surface area contributed by atoms with Crippen molar-refractivity contribution in [1.29, 1.82) is 0 Å². The molecule has 0 N–H and O–H groups in total. The molecule has 0 radical (unpaired) electrons. The van der Waals surface area contributed by atoms with Crippen LogP contribution >= 0.6 is 31.9 Å². The molecule has 0 saturated carbocycles. The fourth-order valence-corrected chi connectivity index (χ4v) is 1.96. The zero-order valence-electron chi connectivity index (χ0n) is 8.23. The SMILES string of the molecule is CC(Br)C(C)Cc1cc(F)cc(Br)c1. The van der Waals surface area contributed by atoms with E-state index in [1.165, 1.54) is 6.07 Å². The fraction of sp³-hybridized carbons (Fsp3) is 0.455. The van der Waals surface area contributed by atoms with E-state index in [-0.39, 0.29) is 5.82 Å². The Bertz CT molecular complexity index is 290. The van der Waals surface area contributed by atoms with Crippen LogP contribution in [0, 0.1) is 11.7 Å². The Morgan fingerprint density at radius 3 is 2.43 bits per heavy atom. The van der Waals surface area contributed by atoms with E-state index < -0.39 is 0 Å². The van der Waals surface area contributed by atoms with Gasteiger partial charge in [-0.15, -0.1) is 0 Å². The van der Waals surface area contributed by atoms with E-state index in [9.17, 15) is 4.39 Å². The van der Waals surface area contributed by atoms with Crippen LogP contribution in [-0.4, -0.2) is 4.83 Å². The summed E-state index contributed by atoms with van der Waals surface area (Å²) < 4.78 is 13.8. The van der Waals surface area contributed by atoms with Gasteiger partial charge >= 0.3 is 0 Å². The monoisotopic (exact) mass is 322 g/mol. The summed E-state index contributed by atoms with van der Waals surface area (Å²) >= 11 is 6.82. The standard InChI is InChI=1S/C11H13Br2F/c1-7(8(2)12)3-9-4-10(13)6-11(14)5-9/h4-8H,3H2,1-2H3. The van der Waals surface area contributed by atoms with E-state index in [0.717, 1.165) is 16.5 Å². The van der Waals surface area contributed by atoms with Crippen LogP contribution in [0.15, 0.2) is 22.7 Å². The third-order valence-corrected chi connectivity index (χ3v) is 3.62. The van der Waals surface area contributed by atoms with Crippen molar-refractivity contribution in [3.63, 3.8) is 0 Å². The topological polar surface area (TPSA) is 0 Å². The van der Waals surface area contributed by atoms with Crippen molar-refractivity contribution in [2.24, 2.45) is 5.92 Å². The van der Waals surface area contributed by atoms with Crippen molar-refractivity contribution in [3.05, 3.63) is 34.1 Å². The molecule has 0 aliphatic carbocycles. The van der Waals surface area contributed by atoms with Crippen molar-refractivity contribution >= 4 is 31.9 Å². The summed E-state index contributed by atoms with van der Waals surface area (Å²) in [6.45, 7) is 4.26. The minimum atomic E-state index is -0.177. The van der Waals surface area contributed by atoms with Crippen molar-refractivity contribution in [3.8, 4) is 0 Å². The van der Waals surface area contributed by atoms with Gasteiger partial charge in [-0.05, 0) is 36.1 Å². The highest BCUT2D eigenvalue weighted by atomic mass is 79.9. The lowest BCUT2D eigenvalue weighted by Crippen LogP contribution is -2.09. The summed E-state index contributed by atoms with van der Waals surface area (Å²) in [6.07, 6.45) is 0.892. The van der Waals surface area contributed by atoms with Crippen LogP contribution in [0.4, 0.5) is 4.39 Å². The molecule has 0 aliphatic heterocycles. The Kier molecular flexibility index (Phi) is 4.58. The normalized spacial score (nSPS) is 15.2. The number of alkyl halides is 1. The molecule has 2 atom stereocenters.